The van der Waals surface area contributed by atoms with Gasteiger partial charge >= 0.3 is 0 Å². The second-order valence-electron chi connectivity index (χ2n) is 8.35. The number of morpholine rings is 1. The van der Waals surface area contributed by atoms with Crippen molar-refractivity contribution in [1.82, 2.24) is 4.90 Å². The van der Waals surface area contributed by atoms with Crippen molar-refractivity contribution in [3.05, 3.63) is 33.9 Å². The molecule has 1 saturated carbocycles. The van der Waals surface area contributed by atoms with Gasteiger partial charge in [0, 0.05) is 50.8 Å². The van der Waals surface area contributed by atoms with Gasteiger partial charge in [0.2, 0.25) is 0 Å². The topological polar surface area (TPSA) is 85.1 Å². The van der Waals surface area contributed by atoms with Crippen LogP contribution < -0.4 is 4.90 Å². The molecule has 1 aromatic rings. The van der Waals surface area contributed by atoms with Gasteiger partial charge in [0.1, 0.15) is 0 Å². The number of amides is 1. The highest BCUT2D eigenvalue weighted by Crippen LogP contribution is 2.53. The third kappa shape index (κ3) is 3.24. The van der Waals surface area contributed by atoms with Gasteiger partial charge in [0.25, 0.3) is 11.6 Å². The smallest absolute Gasteiger partial charge is 0.270 e. The summed E-state index contributed by atoms with van der Waals surface area (Å²) >= 11 is 0. The van der Waals surface area contributed by atoms with Crippen LogP contribution in [0.3, 0.4) is 0 Å². The maximum atomic E-state index is 13.4. The zero-order valence-corrected chi connectivity index (χ0v) is 17.2. The molecule has 0 bridgehead atoms. The molecular formula is C20H29N3O5. The molecule has 0 radical (unpaired) electrons. The predicted octanol–water partition coefficient (Wildman–Crippen LogP) is 2.71. The van der Waals surface area contributed by atoms with Crippen molar-refractivity contribution in [3.8, 4) is 0 Å². The number of non-ortho nitro benzene ring substituents is 1. The van der Waals surface area contributed by atoms with Gasteiger partial charge in [-0.2, -0.15) is 0 Å². The number of carbonyl (C=O) groups excluding carboxylic acids is 1. The summed E-state index contributed by atoms with van der Waals surface area (Å²) in [5, 5.41) is 11.3. The van der Waals surface area contributed by atoms with Crippen LogP contribution >= 0.6 is 0 Å². The Hall–Kier alpha value is -2.19. The lowest BCUT2D eigenvalue weighted by Crippen LogP contribution is -2.68. The Kier molecular flexibility index (Phi) is 5.38. The second kappa shape index (κ2) is 7.33. The third-order valence-corrected chi connectivity index (χ3v) is 6.79. The molecule has 8 heteroatoms. The highest BCUT2D eigenvalue weighted by Gasteiger charge is 2.60. The summed E-state index contributed by atoms with van der Waals surface area (Å²) in [5.41, 5.74) is 0.467. The Bertz CT molecular complexity index is 775. The minimum atomic E-state index is -0.463. The molecule has 0 aromatic heterocycles. The third-order valence-electron chi connectivity index (χ3n) is 6.79. The molecule has 1 aliphatic heterocycles. The molecule has 3 rings (SSSR count). The van der Waals surface area contributed by atoms with Gasteiger partial charge in [-0.15, -0.1) is 0 Å². The Morgan fingerprint density at radius 3 is 2.50 bits per heavy atom. The molecule has 0 unspecified atom stereocenters. The van der Waals surface area contributed by atoms with Gasteiger partial charge in [-0.3, -0.25) is 14.9 Å². The fourth-order valence-electron chi connectivity index (χ4n) is 4.30. The molecule has 1 saturated heterocycles. The molecule has 1 heterocycles. The highest BCUT2D eigenvalue weighted by atomic mass is 16.6. The summed E-state index contributed by atoms with van der Waals surface area (Å²) in [6, 6.07) is 4.51. The number of nitro benzene ring substituents is 1. The lowest BCUT2D eigenvalue weighted by molar-refractivity contribution is -0.384. The number of nitro groups is 1. The highest BCUT2D eigenvalue weighted by molar-refractivity contribution is 6.00. The van der Waals surface area contributed by atoms with Crippen molar-refractivity contribution < 1.29 is 19.2 Å². The first-order chi connectivity index (χ1) is 13.1. The van der Waals surface area contributed by atoms with Crippen LogP contribution in [-0.4, -0.2) is 67.8 Å². The van der Waals surface area contributed by atoms with Gasteiger partial charge in [0.05, 0.1) is 35.0 Å². The van der Waals surface area contributed by atoms with E-state index in [1.54, 1.807) is 25.1 Å². The Labute approximate surface area is 165 Å². The first kappa shape index (κ1) is 20.5. The van der Waals surface area contributed by atoms with E-state index in [2.05, 4.69) is 18.7 Å². The van der Waals surface area contributed by atoms with Crippen LogP contribution in [0.25, 0.3) is 0 Å². The molecule has 1 aromatic carbocycles. The van der Waals surface area contributed by atoms with Crippen molar-refractivity contribution in [2.75, 3.05) is 45.4 Å². The zero-order chi connectivity index (χ0) is 20.7. The van der Waals surface area contributed by atoms with Crippen LogP contribution in [-0.2, 0) is 9.47 Å². The van der Waals surface area contributed by atoms with E-state index in [1.165, 1.54) is 12.1 Å². The van der Waals surface area contributed by atoms with Crippen molar-refractivity contribution in [2.45, 2.75) is 38.8 Å². The number of carbonyl (C=O) groups is 1. The summed E-state index contributed by atoms with van der Waals surface area (Å²) in [7, 11) is 3.46. The molecule has 1 aliphatic carbocycles. The minimum Gasteiger partial charge on any atom is -0.378 e. The summed E-state index contributed by atoms with van der Waals surface area (Å²) < 4.78 is 11.1. The maximum Gasteiger partial charge on any atom is 0.270 e. The standard InChI is InChI=1S/C20H29N3O5/c1-19(2)17(13-20(19,3)27-5)21(4)18(24)15-12-14(23(25)26)6-7-16(15)22-8-10-28-11-9-22/h6-7,12,17H,8-11,13H2,1-5H3/t17-,20+/m0/s1. The quantitative estimate of drug-likeness (QED) is 0.567. The Balaban J connectivity index is 1.93. The average molecular weight is 391 g/mol. The van der Waals surface area contributed by atoms with Crippen molar-refractivity contribution >= 4 is 17.3 Å². The second-order valence-corrected chi connectivity index (χ2v) is 8.35. The average Bonchev–Trinajstić information content (AvgIpc) is 2.70. The number of anilines is 1. The van der Waals surface area contributed by atoms with Crippen LogP contribution in [0, 0.1) is 15.5 Å². The number of ether oxygens (including phenoxy) is 2. The molecule has 8 nitrogen and oxygen atoms in total. The summed E-state index contributed by atoms with van der Waals surface area (Å²) in [5.74, 6) is -0.207. The van der Waals surface area contributed by atoms with E-state index in [4.69, 9.17) is 9.47 Å². The Morgan fingerprint density at radius 2 is 1.96 bits per heavy atom. The maximum absolute atomic E-state index is 13.4. The molecular weight excluding hydrogens is 362 g/mol. The summed E-state index contributed by atoms with van der Waals surface area (Å²) in [4.78, 5) is 28.0. The van der Waals surface area contributed by atoms with E-state index in [0.717, 1.165) is 12.1 Å². The monoisotopic (exact) mass is 391 g/mol. The first-order valence-electron chi connectivity index (χ1n) is 9.56. The molecule has 2 fully saturated rings. The number of methoxy groups -OCH3 is 1. The number of rotatable bonds is 5. The van der Waals surface area contributed by atoms with Crippen LogP contribution in [0.2, 0.25) is 0 Å². The fraction of sp³-hybridized carbons (Fsp3) is 0.650. The molecule has 154 valence electrons. The van der Waals surface area contributed by atoms with Crippen molar-refractivity contribution in [1.29, 1.82) is 0 Å². The molecule has 0 N–H and O–H groups in total. The van der Waals surface area contributed by atoms with E-state index in [9.17, 15) is 14.9 Å². The number of hydrogen-bond acceptors (Lipinski definition) is 6. The SMILES string of the molecule is CO[C@]1(C)C[C@H](N(C)C(=O)c2cc([N+](=O)[O-])ccc2N2CCOCC2)C1(C)C. The van der Waals surface area contributed by atoms with Gasteiger partial charge < -0.3 is 19.3 Å². The number of nitrogens with zero attached hydrogens (tertiary/aromatic N) is 3. The number of benzene rings is 1. The lowest BCUT2D eigenvalue weighted by atomic mass is 9.55. The van der Waals surface area contributed by atoms with Crippen LogP contribution in [0.1, 0.15) is 37.6 Å². The first-order valence-corrected chi connectivity index (χ1v) is 9.56. The minimum absolute atomic E-state index is 0.0123. The number of hydrogen-bond donors (Lipinski definition) is 0. The van der Waals surface area contributed by atoms with E-state index in [-0.39, 0.29) is 28.7 Å². The van der Waals surface area contributed by atoms with E-state index >= 15 is 0 Å². The van der Waals surface area contributed by atoms with Gasteiger partial charge in [-0.05, 0) is 19.4 Å². The molecule has 2 atom stereocenters. The molecule has 1 amide bonds. The van der Waals surface area contributed by atoms with Crippen LogP contribution in [0.15, 0.2) is 18.2 Å². The zero-order valence-electron chi connectivity index (χ0n) is 17.2. The largest absolute Gasteiger partial charge is 0.378 e. The normalized spacial score (nSPS) is 26.5. The van der Waals surface area contributed by atoms with Gasteiger partial charge in [-0.25, -0.2) is 0 Å². The Morgan fingerprint density at radius 1 is 1.32 bits per heavy atom. The van der Waals surface area contributed by atoms with E-state index < -0.39 is 4.92 Å². The van der Waals surface area contributed by atoms with Crippen molar-refractivity contribution in [3.63, 3.8) is 0 Å². The van der Waals surface area contributed by atoms with Gasteiger partial charge in [-0.1, -0.05) is 13.8 Å². The molecule has 2 aliphatic rings. The summed E-state index contributed by atoms with van der Waals surface area (Å²) in [6.07, 6.45) is 0.723. The van der Waals surface area contributed by atoms with Gasteiger partial charge in [0.15, 0.2) is 0 Å². The van der Waals surface area contributed by atoms with E-state index in [0.29, 0.717) is 31.9 Å². The fourth-order valence-corrected chi connectivity index (χ4v) is 4.30. The molecule has 28 heavy (non-hydrogen) atoms. The van der Waals surface area contributed by atoms with Crippen LogP contribution in [0.5, 0.6) is 0 Å². The van der Waals surface area contributed by atoms with E-state index in [1.807, 2.05) is 6.92 Å². The van der Waals surface area contributed by atoms with Crippen molar-refractivity contribution in [2.24, 2.45) is 5.41 Å². The lowest BCUT2D eigenvalue weighted by Gasteiger charge is -2.61. The predicted molar refractivity (Wildman–Crippen MR) is 106 cm³/mol. The summed E-state index contributed by atoms with van der Waals surface area (Å²) in [6.45, 7) is 8.67. The molecule has 0 spiro atoms. The van der Waals surface area contributed by atoms with Crippen LogP contribution in [0.4, 0.5) is 11.4 Å².